The fourth-order valence-corrected chi connectivity index (χ4v) is 1.62. The maximum absolute atomic E-state index is 11.0. The van der Waals surface area contributed by atoms with Crippen molar-refractivity contribution in [3.05, 3.63) is 35.9 Å². The Bertz CT molecular complexity index is 312. The molecule has 1 atom stereocenters. The Hall–Kier alpha value is -1.36. The summed E-state index contributed by atoms with van der Waals surface area (Å²) in [6.45, 7) is 0. The number of amides is 1. The van der Waals surface area contributed by atoms with E-state index in [0.29, 0.717) is 0 Å². The van der Waals surface area contributed by atoms with E-state index >= 15 is 0 Å². The van der Waals surface area contributed by atoms with Crippen LogP contribution in [0.3, 0.4) is 0 Å². The van der Waals surface area contributed by atoms with E-state index in [1.54, 1.807) is 12.1 Å². The Morgan fingerprint density at radius 3 is 2.54 bits per heavy atom. The molecule has 0 heterocycles. The van der Waals surface area contributed by atoms with Gasteiger partial charge in [-0.1, -0.05) is 30.3 Å². The van der Waals surface area contributed by atoms with Crippen molar-refractivity contribution in [1.29, 1.82) is 0 Å². The van der Waals surface area contributed by atoms with Gasteiger partial charge in [-0.3, -0.25) is 0 Å². The second kappa shape index (κ2) is 4.61. The Balaban J connectivity index is 2.50. The molecular weight excluding hydrogens is 190 g/mol. The molecule has 0 spiro atoms. The van der Waals surface area contributed by atoms with Crippen LogP contribution < -0.4 is 4.72 Å². The quantitative estimate of drug-likeness (QED) is 0.766. The summed E-state index contributed by atoms with van der Waals surface area (Å²) in [7, 11) is -1.55. The highest BCUT2D eigenvalue weighted by molar-refractivity contribution is 7.82. The highest BCUT2D eigenvalue weighted by atomic mass is 32.2. The number of hydrogen-bond donors (Lipinski definition) is 2. The number of nitrogens with one attached hydrogen (secondary N) is 1. The van der Waals surface area contributed by atoms with E-state index in [1.165, 1.54) is 0 Å². The third-order valence-corrected chi connectivity index (χ3v) is 2.34. The third-order valence-electron chi connectivity index (χ3n) is 1.34. The summed E-state index contributed by atoms with van der Waals surface area (Å²) in [6, 6.07) is 9.06. The van der Waals surface area contributed by atoms with Crippen LogP contribution in [-0.2, 0) is 16.7 Å². The van der Waals surface area contributed by atoms with Crippen molar-refractivity contribution in [2.24, 2.45) is 0 Å². The molecule has 0 aliphatic rings. The molecule has 0 aliphatic carbocycles. The maximum atomic E-state index is 11.0. The van der Waals surface area contributed by atoms with Crippen LogP contribution in [0.5, 0.6) is 0 Å². The number of benzene rings is 1. The second-order valence-corrected chi connectivity index (χ2v) is 3.57. The molecule has 70 valence electrons. The van der Waals surface area contributed by atoms with Crippen LogP contribution in [0.2, 0.25) is 0 Å². The van der Waals surface area contributed by atoms with Gasteiger partial charge in [0, 0.05) is 0 Å². The van der Waals surface area contributed by atoms with Crippen LogP contribution in [0, 0.1) is 0 Å². The molecule has 0 radical (unpaired) electrons. The Morgan fingerprint density at radius 1 is 1.38 bits per heavy atom. The Labute approximate surface area is 78.2 Å². The van der Waals surface area contributed by atoms with E-state index in [9.17, 15) is 9.00 Å². The van der Waals surface area contributed by atoms with Gasteiger partial charge in [-0.15, -0.1) is 0 Å². The van der Waals surface area contributed by atoms with Crippen molar-refractivity contribution < 1.29 is 14.1 Å². The van der Waals surface area contributed by atoms with Crippen molar-refractivity contribution in [2.45, 2.75) is 5.75 Å². The van der Waals surface area contributed by atoms with Crippen molar-refractivity contribution >= 4 is 17.1 Å². The van der Waals surface area contributed by atoms with E-state index in [4.69, 9.17) is 5.11 Å². The monoisotopic (exact) mass is 199 g/mol. The lowest BCUT2D eigenvalue weighted by Gasteiger charge is -2.00. The summed E-state index contributed by atoms with van der Waals surface area (Å²) < 4.78 is 12.9. The van der Waals surface area contributed by atoms with Crippen molar-refractivity contribution in [2.75, 3.05) is 0 Å². The van der Waals surface area contributed by atoms with Gasteiger partial charge in [-0.2, -0.15) is 0 Å². The van der Waals surface area contributed by atoms with E-state index in [0.717, 1.165) is 5.56 Å². The number of hydrogen-bond acceptors (Lipinski definition) is 2. The third kappa shape index (κ3) is 3.71. The Morgan fingerprint density at radius 2 is 2.00 bits per heavy atom. The fraction of sp³-hybridized carbons (Fsp3) is 0.125. The molecular formula is C8H9NO3S. The maximum Gasteiger partial charge on any atom is 0.416 e. The predicted molar refractivity (Wildman–Crippen MR) is 49.4 cm³/mol. The molecule has 2 N–H and O–H groups in total. The van der Waals surface area contributed by atoms with Crippen LogP contribution >= 0.6 is 0 Å². The lowest BCUT2D eigenvalue weighted by atomic mass is 10.2. The lowest BCUT2D eigenvalue weighted by Crippen LogP contribution is -2.24. The number of rotatable bonds is 3. The van der Waals surface area contributed by atoms with Gasteiger partial charge in [0.1, 0.15) is 11.0 Å². The van der Waals surface area contributed by atoms with Gasteiger partial charge in [0.05, 0.1) is 5.75 Å². The predicted octanol–water partition coefficient (Wildman–Crippen LogP) is 1.12. The molecule has 5 heteroatoms. The number of carboxylic acid groups (broad SMARTS) is 1. The van der Waals surface area contributed by atoms with Gasteiger partial charge in [0.15, 0.2) is 0 Å². The minimum atomic E-state index is -1.55. The van der Waals surface area contributed by atoms with Crippen LogP contribution in [-0.4, -0.2) is 15.4 Å². The number of carbonyl (C=O) groups is 1. The van der Waals surface area contributed by atoms with E-state index in [2.05, 4.69) is 0 Å². The fourth-order valence-electron chi connectivity index (χ4n) is 0.859. The lowest BCUT2D eigenvalue weighted by molar-refractivity contribution is 0.201. The van der Waals surface area contributed by atoms with Crippen molar-refractivity contribution in [1.82, 2.24) is 4.72 Å². The van der Waals surface area contributed by atoms with Crippen molar-refractivity contribution in [3.63, 3.8) is 0 Å². The molecule has 1 aromatic carbocycles. The average Bonchev–Trinajstić information content (AvgIpc) is 2.04. The summed E-state index contributed by atoms with van der Waals surface area (Å²) in [5.41, 5.74) is 0.842. The molecule has 1 aromatic rings. The first-order chi connectivity index (χ1) is 6.18. The van der Waals surface area contributed by atoms with Gasteiger partial charge in [-0.25, -0.2) is 13.7 Å². The largest absolute Gasteiger partial charge is 0.464 e. The normalized spacial score (nSPS) is 12.0. The zero-order chi connectivity index (χ0) is 9.68. The average molecular weight is 199 g/mol. The highest BCUT2D eigenvalue weighted by Crippen LogP contribution is 2.00. The molecule has 0 bridgehead atoms. The zero-order valence-electron chi connectivity index (χ0n) is 6.77. The summed E-state index contributed by atoms with van der Waals surface area (Å²) in [5.74, 6) is 0.202. The van der Waals surface area contributed by atoms with E-state index < -0.39 is 17.1 Å². The molecule has 0 saturated carbocycles. The van der Waals surface area contributed by atoms with Gasteiger partial charge in [-0.05, 0) is 5.56 Å². The van der Waals surface area contributed by atoms with Gasteiger partial charge in [0.2, 0.25) is 0 Å². The second-order valence-electron chi connectivity index (χ2n) is 2.38. The molecule has 1 amide bonds. The summed E-state index contributed by atoms with van der Waals surface area (Å²) in [6.07, 6.45) is -1.27. The van der Waals surface area contributed by atoms with Crippen LogP contribution in [0.4, 0.5) is 4.79 Å². The first kappa shape index (κ1) is 9.73. The van der Waals surface area contributed by atoms with E-state index in [-0.39, 0.29) is 5.75 Å². The summed E-state index contributed by atoms with van der Waals surface area (Å²) in [4.78, 5) is 10.1. The SMILES string of the molecule is O=C(O)NS(=O)Cc1ccccc1. The molecule has 0 fully saturated rings. The zero-order valence-corrected chi connectivity index (χ0v) is 7.58. The molecule has 13 heavy (non-hydrogen) atoms. The first-order valence-electron chi connectivity index (χ1n) is 3.60. The van der Waals surface area contributed by atoms with E-state index in [1.807, 2.05) is 22.9 Å². The molecule has 4 nitrogen and oxygen atoms in total. The standard InChI is InChI=1S/C8H9NO3S/c10-8(11)9-13(12)6-7-4-2-1-3-5-7/h1-5,9H,6H2,(H,10,11). The smallest absolute Gasteiger partial charge is 0.416 e. The summed E-state index contributed by atoms with van der Waals surface area (Å²) in [5, 5.41) is 8.26. The topological polar surface area (TPSA) is 66.4 Å². The Kier molecular flexibility index (Phi) is 3.45. The molecule has 0 aliphatic heterocycles. The van der Waals surface area contributed by atoms with Gasteiger partial charge >= 0.3 is 6.09 Å². The van der Waals surface area contributed by atoms with Crippen LogP contribution in [0.1, 0.15) is 5.56 Å². The summed E-state index contributed by atoms with van der Waals surface area (Å²) >= 11 is 0. The van der Waals surface area contributed by atoms with Crippen LogP contribution in [0.15, 0.2) is 30.3 Å². The molecule has 1 rings (SSSR count). The van der Waals surface area contributed by atoms with Crippen molar-refractivity contribution in [3.8, 4) is 0 Å². The van der Waals surface area contributed by atoms with Gasteiger partial charge in [0.25, 0.3) is 0 Å². The van der Waals surface area contributed by atoms with Gasteiger partial charge < -0.3 is 5.11 Å². The highest BCUT2D eigenvalue weighted by Gasteiger charge is 2.03. The molecule has 0 saturated heterocycles. The minimum Gasteiger partial charge on any atom is -0.464 e. The minimum absolute atomic E-state index is 0.202. The van der Waals surface area contributed by atoms with Crippen LogP contribution in [0.25, 0.3) is 0 Å². The molecule has 1 unspecified atom stereocenters. The first-order valence-corrected chi connectivity index (χ1v) is 4.92. The molecule has 0 aromatic heterocycles.